The molecule has 0 fully saturated rings. The Morgan fingerprint density at radius 1 is 1.12 bits per heavy atom. The number of nitrogens with one attached hydrogen (secondary N) is 1. The molecule has 1 amide bonds. The van der Waals surface area contributed by atoms with Crippen LogP contribution in [0.1, 0.15) is 40.8 Å². The predicted octanol–water partition coefficient (Wildman–Crippen LogP) is 4.86. The fourth-order valence-electron chi connectivity index (χ4n) is 2.68. The molecule has 24 heavy (non-hydrogen) atoms. The van der Waals surface area contributed by atoms with Crippen LogP contribution in [0, 0.1) is 26.6 Å². The molecule has 0 bridgehead atoms. The van der Waals surface area contributed by atoms with Gasteiger partial charge in [-0.25, -0.2) is 4.39 Å². The fraction of sp³-hybridized carbons (Fsp3) is 0.350. The van der Waals surface area contributed by atoms with E-state index in [1.807, 2.05) is 13.0 Å². The van der Waals surface area contributed by atoms with E-state index in [1.165, 1.54) is 34.5 Å². The number of halogens is 1. The number of carbonyl (C=O) groups is 1. The van der Waals surface area contributed by atoms with Crippen LogP contribution in [0.25, 0.3) is 0 Å². The molecule has 1 atom stereocenters. The summed E-state index contributed by atoms with van der Waals surface area (Å²) < 4.78 is 13.5. The van der Waals surface area contributed by atoms with Crippen molar-refractivity contribution in [2.45, 2.75) is 39.5 Å². The molecule has 0 aliphatic carbocycles. The highest BCUT2D eigenvalue weighted by Gasteiger charge is 2.13. The zero-order valence-corrected chi connectivity index (χ0v) is 15.5. The van der Waals surface area contributed by atoms with Crippen LogP contribution in [-0.2, 0) is 10.5 Å². The summed E-state index contributed by atoms with van der Waals surface area (Å²) in [6.45, 7) is 8.24. The van der Waals surface area contributed by atoms with Gasteiger partial charge in [0.15, 0.2) is 0 Å². The predicted molar refractivity (Wildman–Crippen MR) is 99.8 cm³/mol. The number of rotatable bonds is 6. The Balaban J connectivity index is 1.88. The van der Waals surface area contributed by atoms with Gasteiger partial charge in [0, 0.05) is 5.75 Å². The van der Waals surface area contributed by atoms with Crippen LogP contribution in [0.5, 0.6) is 0 Å². The second-order valence-corrected chi connectivity index (χ2v) is 7.15. The molecule has 0 heterocycles. The number of aryl methyl sites for hydroxylation is 3. The van der Waals surface area contributed by atoms with Crippen molar-refractivity contribution in [1.29, 1.82) is 0 Å². The maximum atomic E-state index is 13.5. The molecule has 128 valence electrons. The maximum Gasteiger partial charge on any atom is 0.230 e. The smallest absolute Gasteiger partial charge is 0.230 e. The molecule has 4 heteroatoms. The van der Waals surface area contributed by atoms with Crippen molar-refractivity contribution in [3.8, 4) is 0 Å². The highest BCUT2D eigenvalue weighted by Crippen LogP contribution is 2.22. The molecule has 0 radical (unpaired) electrons. The third kappa shape index (κ3) is 4.84. The van der Waals surface area contributed by atoms with Crippen LogP contribution in [0.4, 0.5) is 4.39 Å². The number of benzene rings is 2. The Bertz CT molecular complexity index is 730. The molecular formula is C20H24FNOS. The minimum atomic E-state index is -0.218. The SMILES string of the molecule is Cc1cc(C)c(C(C)NC(=O)CSCc2ccccc2F)cc1C. The van der Waals surface area contributed by atoms with Crippen molar-refractivity contribution in [3.63, 3.8) is 0 Å². The van der Waals surface area contributed by atoms with Crippen molar-refractivity contribution in [2.24, 2.45) is 0 Å². The highest BCUT2D eigenvalue weighted by atomic mass is 32.2. The van der Waals surface area contributed by atoms with Gasteiger partial charge in [-0.3, -0.25) is 4.79 Å². The summed E-state index contributed by atoms with van der Waals surface area (Å²) in [5, 5.41) is 3.03. The number of thioether (sulfide) groups is 1. The largest absolute Gasteiger partial charge is 0.349 e. The lowest BCUT2D eigenvalue weighted by Gasteiger charge is -2.18. The first kappa shape index (κ1) is 18.5. The summed E-state index contributed by atoms with van der Waals surface area (Å²) in [6.07, 6.45) is 0. The molecule has 0 spiro atoms. The summed E-state index contributed by atoms with van der Waals surface area (Å²) in [5.74, 6) is 0.575. The van der Waals surface area contributed by atoms with E-state index in [4.69, 9.17) is 0 Å². The normalized spacial score (nSPS) is 12.0. The van der Waals surface area contributed by atoms with Gasteiger partial charge in [-0.15, -0.1) is 11.8 Å². The van der Waals surface area contributed by atoms with E-state index in [1.54, 1.807) is 12.1 Å². The average Bonchev–Trinajstić information content (AvgIpc) is 2.52. The van der Waals surface area contributed by atoms with E-state index >= 15 is 0 Å². The lowest BCUT2D eigenvalue weighted by molar-refractivity contribution is -0.119. The van der Waals surface area contributed by atoms with Crippen molar-refractivity contribution in [3.05, 3.63) is 70.0 Å². The maximum absolute atomic E-state index is 13.5. The molecule has 0 aliphatic rings. The van der Waals surface area contributed by atoms with E-state index in [-0.39, 0.29) is 17.8 Å². The van der Waals surface area contributed by atoms with Gasteiger partial charge in [0.05, 0.1) is 11.8 Å². The molecule has 0 saturated carbocycles. The second kappa shape index (κ2) is 8.34. The topological polar surface area (TPSA) is 29.1 Å². The van der Waals surface area contributed by atoms with Gasteiger partial charge in [-0.1, -0.05) is 30.3 Å². The van der Waals surface area contributed by atoms with Gasteiger partial charge < -0.3 is 5.32 Å². The van der Waals surface area contributed by atoms with E-state index < -0.39 is 0 Å². The van der Waals surface area contributed by atoms with Gasteiger partial charge >= 0.3 is 0 Å². The third-order valence-electron chi connectivity index (χ3n) is 4.17. The van der Waals surface area contributed by atoms with Gasteiger partial charge in [0.25, 0.3) is 0 Å². The van der Waals surface area contributed by atoms with Crippen LogP contribution in [0.15, 0.2) is 36.4 Å². The molecule has 1 unspecified atom stereocenters. The van der Waals surface area contributed by atoms with Gasteiger partial charge in [-0.2, -0.15) is 0 Å². The second-order valence-electron chi connectivity index (χ2n) is 6.17. The monoisotopic (exact) mass is 345 g/mol. The summed E-state index contributed by atoms with van der Waals surface area (Å²) >= 11 is 1.42. The molecule has 2 aromatic rings. The Labute approximate surface area is 147 Å². The Morgan fingerprint density at radius 3 is 2.50 bits per heavy atom. The number of carbonyl (C=O) groups excluding carboxylic acids is 1. The molecular weight excluding hydrogens is 321 g/mol. The van der Waals surface area contributed by atoms with Crippen molar-refractivity contribution in [2.75, 3.05) is 5.75 Å². The summed E-state index contributed by atoms with van der Waals surface area (Å²) in [7, 11) is 0. The van der Waals surface area contributed by atoms with E-state index in [0.717, 1.165) is 5.56 Å². The Morgan fingerprint density at radius 2 is 1.79 bits per heavy atom. The standard InChI is InChI=1S/C20H24FNOS/c1-13-9-15(3)18(10-14(13)2)16(4)22-20(23)12-24-11-17-7-5-6-8-19(17)21/h5-10,16H,11-12H2,1-4H3,(H,22,23). The first-order valence-electron chi connectivity index (χ1n) is 8.06. The van der Waals surface area contributed by atoms with E-state index in [2.05, 4.69) is 38.2 Å². The van der Waals surface area contributed by atoms with Crippen molar-refractivity contribution in [1.82, 2.24) is 5.32 Å². The van der Waals surface area contributed by atoms with E-state index in [0.29, 0.717) is 17.1 Å². The molecule has 0 saturated heterocycles. The zero-order chi connectivity index (χ0) is 17.7. The molecule has 0 aliphatic heterocycles. The minimum absolute atomic E-state index is 0.0264. The lowest BCUT2D eigenvalue weighted by atomic mass is 9.96. The summed E-state index contributed by atoms with van der Waals surface area (Å²) in [4.78, 5) is 12.1. The Kier molecular flexibility index (Phi) is 6.44. The van der Waals surface area contributed by atoms with Crippen LogP contribution in [0.2, 0.25) is 0 Å². The van der Waals surface area contributed by atoms with Gasteiger partial charge in [0.2, 0.25) is 5.91 Å². The number of hydrogen-bond donors (Lipinski definition) is 1. The fourth-order valence-corrected chi connectivity index (χ4v) is 3.50. The molecule has 0 aromatic heterocycles. The van der Waals surface area contributed by atoms with Crippen LogP contribution >= 0.6 is 11.8 Å². The van der Waals surface area contributed by atoms with Crippen molar-refractivity contribution < 1.29 is 9.18 Å². The summed E-state index contributed by atoms with van der Waals surface area (Å²) in [5.41, 5.74) is 5.45. The van der Waals surface area contributed by atoms with Gasteiger partial charge in [0.1, 0.15) is 5.82 Å². The van der Waals surface area contributed by atoms with Crippen molar-refractivity contribution >= 4 is 17.7 Å². The van der Waals surface area contributed by atoms with Gasteiger partial charge in [-0.05, 0) is 61.6 Å². The first-order chi connectivity index (χ1) is 11.4. The summed E-state index contributed by atoms with van der Waals surface area (Å²) in [6, 6.07) is 10.9. The zero-order valence-electron chi connectivity index (χ0n) is 14.7. The minimum Gasteiger partial charge on any atom is -0.349 e. The molecule has 2 rings (SSSR count). The van der Waals surface area contributed by atoms with Crippen LogP contribution < -0.4 is 5.32 Å². The first-order valence-corrected chi connectivity index (χ1v) is 9.22. The quantitative estimate of drug-likeness (QED) is 0.810. The van der Waals surface area contributed by atoms with Crippen LogP contribution in [-0.4, -0.2) is 11.7 Å². The number of hydrogen-bond acceptors (Lipinski definition) is 2. The number of amides is 1. The third-order valence-corrected chi connectivity index (χ3v) is 5.16. The molecule has 1 N–H and O–H groups in total. The van der Waals surface area contributed by atoms with Crippen LogP contribution in [0.3, 0.4) is 0 Å². The Hall–Kier alpha value is -1.81. The lowest BCUT2D eigenvalue weighted by Crippen LogP contribution is -2.28. The average molecular weight is 345 g/mol. The molecule has 2 nitrogen and oxygen atoms in total. The highest BCUT2D eigenvalue weighted by molar-refractivity contribution is 7.99. The molecule has 2 aromatic carbocycles. The van der Waals surface area contributed by atoms with E-state index in [9.17, 15) is 9.18 Å².